The molecule has 2 heterocycles. The highest BCUT2D eigenvalue weighted by Gasteiger charge is 2.26. The molecule has 24 heavy (non-hydrogen) atoms. The van der Waals surface area contributed by atoms with Gasteiger partial charge in [0.05, 0.1) is 13.4 Å². The van der Waals surface area contributed by atoms with Gasteiger partial charge < -0.3 is 13.9 Å². The van der Waals surface area contributed by atoms with Gasteiger partial charge in [-0.15, -0.1) is 0 Å². The minimum absolute atomic E-state index is 0.136. The van der Waals surface area contributed by atoms with Crippen molar-refractivity contribution >= 4 is 69.1 Å². The van der Waals surface area contributed by atoms with E-state index in [1.807, 2.05) is 0 Å². The Morgan fingerprint density at radius 2 is 2.00 bits per heavy atom. The smallest absolute Gasteiger partial charge is 0.363 e. The summed E-state index contributed by atoms with van der Waals surface area (Å²) in [5, 5.41) is 0. The van der Waals surface area contributed by atoms with E-state index in [4.69, 9.17) is 13.9 Å². The minimum Gasteiger partial charge on any atom is -0.459 e. The molecule has 1 aliphatic rings. The molecule has 0 N–H and O–H groups in total. The number of hydrogen-bond donors (Lipinski definition) is 0. The van der Waals surface area contributed by atoms with E-state index < -0.39 is 5.97 Å². The van der Waals surface area contributed by atoms with Crippen molar-refractivity contribution in [2.24, 2.45) is 4.99 Å². The van der Waals surface area contributed by atoms with Crippen molar-refractivity contribution in [3.8, 4) is 5.75 Å². The van der Waals surface area contributed by atoms with E-state index in [0.29, 0.717) is 11.5 Å². The molecule has 0 bridgehead atoms. The van der Waals surface area contributed by atoms with E-state index in [2.05, 4.69) is 50.2 Å². The van der Waals surface area contributed by atoms with Crippen LogP contribution in [-0.2, 0) is 14.3 Å². The molecule has 2 aromatic rings. The van der Waals surface area contributed by atoms with E-state index in [0.717, 1.165) is 12.7 Å². The van der Waals surface area contributed by atoms with E-state index in [9.17, 15) is 9.59 Å². The van der Waals surface area contributed by atoms with Gasteiger partial charge in [-0.25, -0.2) is 9.79 Å². The average Bonchev–Trinajstić information content (AvgIpc) is 3.13. The topological polar surface area (TPSA) is 78.1 Å². The maximum Gasteiger partial charge on any atom is 0.363 e. The fraction of sp³-hybridized carbons (Fsp3) is 0.0625. The molecule has 0 aliphatic carbocycles. The van der Waals surface area contributed by atoms with Gasteiger partial charge in [-0.3, -0.25) is 4.79 Å². The first-order valence-corrected chi connectivity index (χ1v) is 8.83. The average molecular weight is 549 g/mol. The monoisotopic (exact) mass is 549 g/mol. The van der Waals surface area contributed by atoms with Crippen molar-refractivity contribution in [2.75, 3.05) is 0 Å². The third kappa shape index (κ3) is 3.69. The Bertz CT molecular complexity index is 861. The van der Waals surface area contributed by atoms with Gasteiger partial charge in [0.15, 0.2) is 17.2 Å². The van der Waals surface area contributed by atoms with Gasteiger partial charge in [0.2, 0.25) is 0 Å². The Morgan fingerprint density at radius 1 is 1.29 bits per heavy atom. The lowest BCUT2D eigenvalue weighted by Gasteiger charge is -2.08. The normalized spacial score (nSPS) is 15.4. The van der Waals surface area contributed by atoms with Crippen LogP contribution in [0.1, 0.15) is 18.2 Å². The van der Waals surface area contributed by atoms with Gasteiger partial charge in [0, 0.05) is 6.92 Å². The van der Waals surface area contributed by atoms with Crippen molar-refractivity contribution in [1.82, 2.24) is 0 Å². The highest BCUT2D eigenvalue weighted by molar-refractivity contribution is 14.1. The molecule has 6 nitrogen and oxygen atoms in total. The number of rotatable bonds is 3. The SMILES string of the molecule is CC(=O)Oc1c(I)cc(C=C2N=C(c3ccco3)OC2=O)cc1I. The van der Waals surface area contributed by atoms with Gasteiger partial charge in [-0.2, -0.15) is 0 Å². The lowest BCUT2D eigenvalue weighted by atomic mass is 10.2. The van der Waals surface area contributed by atoms with Gasteiger partial charge in [-0.05, 0) is 81.1 Å². The molecule has 0 amide bonds. The fourth-order valence-electron chi connectivity index (χ4n) is 1.98. The Morgan fingerprint density at radius 3 is 2.58 bits per heavy atom. The molecule has 0 fully saturated rings. The Hall–Kier alpha value is -1.69. The van der Waals surface area contributed by atoms with Crippen molar-refractivity contribution in [2.45, 2.75) is 6.92 Å². The van der Waals surface area contributed by atoms with Crippen LogP contribution in [0.3, 0.4) is 0 Å². The number of benzene rings is 1. The molecule has 1 aromatic heterocycles. The van der Waals surface area contributed by atoms with E-state index in [1.54, 1.807) is 30.3 Å². The fourth-order valence-corrected chi connectivity index (χ4v) is 4.01. The molecular formula is C16H9I2NO5. The number of esters is 2. The first-order chi connectivity index (χ1) is 11.4. The zero-order chi connectivity index (χ0) is 17.3. The molecule has 0 saturated heterocycles. The second-order valence-corrected chi connectivity index (χ2v) is 7.05. The van der Waals surface area contributed by atoms with Crippen LogP contribution in [0.2, 0.25) is 0 Å². The summed E-state index contributed by atoms with van der Waals surface area (Å²) in [6.07, 6.45) is 3.09. The summed E-state index contributed by atoms with van der Waals surface area (Å²) in [5.74, 6) is 0.0948. The number of nitrogens with zero attached hydrogens (tertiary/aromatic N) is 1. The predicted octanol–water partition coefficient (Wildman–Crippen LogP) is 3.76. The summed E-state index contributed by atoms with van der Waals surface area (Å²) in [6.45, 7) is 1.35. The third-order valence-corrected chi connectivity index (χ3v) is 4.52. The standard InChI is InChI=1S/C16H9I2NO5/c1-8(20)23-14-10(17)5-9(6-11(14)18)7-12-16(21)24-15(19-12)13-3-2-4-22-13/h2-7H,1H3. The van der Waals surface area contributed by atoms with E-state index in [1.165, 1.54) is 13.2 Å². The molecule has 122 valence electrons. The van der Waals surface area contributed by atoms with Crippen molar-refractivity contribution in [3.05, 3.63) is 54.7 Å². The molecule has 0 atom stereocenters. The van der Waals surface area contributed by atoms with Crippen LogP contribution < -0.4 is 4.74 Å². The molecule has 0 unspecified atom stereocenters. The van der Waals surface area contributed by atoms with Crippen LogP contribution in [-0.4, -0.2) is 17.8 Å². The predicted molar refractivity (Wildman–Crippen MR) is 102 cm³/mol. The largest absolute Gasteiger partial charge is 0.459 e. The molecule has 3 rings (SSSR count). The first-order valence-electron chi connectivity index (χ1n) is 6.68. The van der Waals surface area contributed by atoms with E-state index in [-0.39, 0.29) is 17.6 Å². The summed E-state index contributed by atoms with van der Waals surface area (Å²) >= 11 is 4.14. The summed E-state index contributed by atoms with van der Waals surface area (Å²) in [4.78, 5) is 27.2. The van der Waals surface area contributed by atoms with Crippen molar-refractivity contribution in [1.29, 1.82) is 0 Å². The van der Waals surface area contributed by atoms with Crippen LogP contribution >= 0.6 is 45.2 Å². The van der Waals surface area contributed by atoms with Crippen LogP contribution in [0.4, 0.5) is 0 Å². The second kappa shape index (κ2) is 7.05. The zero-order valence-corrected chi connectivity index (χ0v) is 16.5. The molecule has 0 saturated carbocycles. The highest BCUT2D eigenvalue weighted by Crippen LogP contribution is 2.30. The quantitative estimate of drug-likeness (QED) is 0.253. The van der Waals surface area contributed by atoms with Crippen molar-refractivity contribution < 1.29 is 23.5 Å². The Kier molecular flexibility index (Phi) is 5.04. The number of hydrogen-bond acceptors (Lipinski definition) is 6. The summed E-state index contributed by atoms with van der Waals surface area (Å²) in [6, 6.07) is 6.93. The molecule has 1 aromatic carbocycles. The van der Waals surface area contributed by atoms with Gasteiger partial charge in [-0.1, -0.05) is 0 Å². The maximum atomic E-state index is 11.9. The van der Waals surface area contributed by atoms with Crippen LogP contribution in [0.15, 0.2) is 45.6 Å². The zero-order valence-electron chi connectivity index (χ0n) is 12.2. The van der Waals surface area contributed by atoms with Gasteiger partial charge >= 0.3 is 11.9 Å². The number of furan rings is 1. The summed E-state index contributed by atoms with van der Waals surface area (Å²) < 4.78 is 17.0. The first kappa shape index (κ1) is 17.1. The number of halogens is 2. The van der Waals surface area contributed by atoms with Gasteiger partial charge in [0.1, 0.15) is 0 Å². The number of aliphatic imine (C=N–C) groups is 1. The van der Waals surface area contributed by atoms with E-state index >= 15 is 0 Å². The van der Waals surface area contributed by atoms with Crippen molar-refractivity contribution in [3.63, 3.8) is 0 Å². The highest BCUT2D eigenvalue weighted by atomic mass is 127. The summed E-state index contributed by atoms with van der Waals surface area (Å²) in [7, 11) is 0. The molecule has 0 spiro atoms. The lowest BCUT2D eigenvalue weighted by molar-refractivity contribution is -0.132. The summed E-state index contributed by atoms with van der Waals surface area (Å²) in [5.41, 5.74) is 0.921. The molecular weight excluding hydrogens is 540 g/mol. The number of carbonyl (C=O) groups is 2. The van der Waals surface area contributed by atoms with Crippen LogP contribution in [0, 0.1) is 7.14 Å². The number of ether oxygens (including phenoxy) is 2. The Balaban J connectivity index is 1.94. The third-order valence-electron chi connectivity index (χ3n) is 2.92. The molecule has 0 radical (unpaired) electrons. The maximum absolute atomic E-state index is 11.9. The lowest BCUT2D eigenvalue weighted by Crippen LogP contribution is -2.05. The molecule has 1 aliphatic heterocycles. The Labute approximate surface area is 164 Å². The number of carbonyl (C=O) groups excluding carboxylic acids is 2. The second-order valence-electron chi connectivity index (χ2n) is 4.72. The van der Waals surface area contributed by atoms with Crippen LogP contribution in [0.5, 0.6) is 5.75 Å². The van der Waals surface area contributed by atoms with Crippen LogP contribution in [0.25, 0.3) is 6.08 Å². The number of cyclic esters (lactones) is 1. The van der Waals surface area contributed by atoms with Gasteiger partial charge in [0.25, 0.3) is 5.90 Å². The molecule has 8 heteroatoms. The minimum atomic E-state index is -0.546.